The van der Waals surface area contributed by atoms with E-state index < -0.39 is 6.04 Å². The number of halogens is 1. The summed E-state index contributed by atoms with van der Waals surface area (Å²) in [7, 11) is 0. The van der Waals surface area contributed by atoms with E-state index in [-0.39, 0.29) is 11.7 Å². The van der Waals surface area contributed by atoms with Crippen molar-refractivity contribution < 1.29 is 13.9 Å². The van der Waals surface area contributed by atoms with Crippen molar-refractivity contribution >= 4 is 29.3 Å². The molecule has 2 N–H and O–H groups in total. The molecule has 0 bridgehead atoms. The molecule has 9 heteroatoms. The number of hydrogen-bond acceptors (Lipinski definition) is 6. The third-order valence-electron chi connectivity index (χ3n) is 7.25. The van der Waals surface area contributed by atoms with E-state index in [9.17, 15) is 9.18 Å². The Labute approximate surface area is 250 Å². The molecule has 1 unspecified atom stereocenters. The molecule has 0 radical (unpaired) electrons. The van der Waals surface area contributed by atoms with Gasteiger partial charge in [0.25, 0.3) is 5.91 Å². The summed E-state index contributed by atoms with van der Waals surface area (Å²) >= 11 is 1.35. The van der Waals surface area contributed by atoms with Crippen LogP contribution in [0.5, 0.6) is 5.75 Å². The number of amides is 1. The van der Waals surface area contributed by atoms with Gasteiger partial charge >= 0.3 is 0 Å². The Morgan fingerprint density at radius 3 is 2.55 bits per heavy atom. The van der Waals surface area contributed by atoms with E-state index >= 15 is 0 Å². The molecule has 5 rings (SSSR count). The number of unbranched alkanes of at least 4 members (excludes halogenated alkanes) is 3. The summed E-state index contributed by atoms with van der Waals surface area (Å²) in [5.41, 5.74) is 4.40. The molecule has 0 saturated heterocycles. The second-order valence-corrected chi connectivity index (χ2v) is 11.3. The number of thioether (sulfide) groups is 1. The quantitative estimate of drug-likeness (QED) is 0.130. The molecule has 4 aromatic rings. The summed E-state index contributed by atoms with van der Waals surface area (Å²) < 4.78 is 21.9. The van der Waals surface area contributed by atoms with Gasteiger partial charge in [-0.15, -0.1) is 5.10 Å². The average Bonchev–Trinajstić information content (AvgIpc) is 3.39. The first-order valence-electron chi connectivity index (χ1n) is 14.3. The number of para-hydroxylation sites is 1. The number of hydrogen-bond donors (Lipinski definition) is 2. The van der Waals surface area contributed by atoms with Crippen molar-refractivity contribution in [2.24, 2.45) is 0 Å². The van der Waals surface area contributed by atoms with Crippen molar-refractivity contribution in [1.29, 1.82) is 0 Å². The van der Waals surface area contributed by atoms with Gasteiger partial charge < -0.3 is 15.4 Å². The molecule has 1 atom stereocenters. The van der Waals surface area contributed by atoms with Crippen LogP contribution in [0.2, 0.25) is 0 Å². The topological polar surface area (TPSA) is 81.1 Å². The van der Waals surface area contributed by atoms with Gasteiger partial charge in [-0.2, -0.15) is 4.98 Å². The van der Waals surface area contributed by atoms with Gasteiger partial charge in [-0.3, -0.25) is 4.79 Å². The summed E-state index contributed by atoms with van der Waals surface area (Å²) in [6.45, 7) is 6.70. The zero-order chi connectivity index (χ0) is 29.5. The normalized spacial score (nSPS) is 14.3. The highest BCUT2D eigenvalue weighted by Gasteiger charge is 2.34. The van der Waals surface area contributed by atoms with E-state index in [4.69, 9.17) is 9.84 Å². The van der Waals surface area contributed by atoms with Crippen molar-refractivity contribution in [3.05, 3.63) is 107 Å². The Morgan fingerprint density at radius 2 is 1.79 bits per heavy atom. The average molecular weight is 586 g/mol. The predicted octanol–water partition coefficient (Wildman–Crippen LogP) is 7.90. The van der Waals surface area contributed by atoms with Crippen LogP contribution in [0.1, 0.15) is 62.3 Å². The van der Waals surface area contributed by atoms with Crippen LogP contribution >= 0.6 is 11.8 Å². The van der Waals surface area contributed by atoms with E-state index in [1.165, 1.54) is 30.7 Å². The lowest BCUT2D eigenvalue weighted by atomic mass is 9.95. The van der Waals surface area contributed by atoms with Gasteiger partial charge in [0.15, 0.2) is 0 Å². The monoisotopic (exact) mass is 585 g/mol. The smallest absolute Gasteiger partial charge is 0.255 e. The maximum absolute atomic E-state index is 14.2. The zero-order valence-corrected chi connectivity index (χ0v) is 25.0. The number of fused-ring (bicyclic) bond motifs is 1. The van der Waals surface area contributed by atoms with Crippen molar-refractivity contribution in [1.82, 2.24) is 14.8 Å². The first-order valence-corrected chi connectivity index (χ1v) is 15.3. The molecule has 0 fully saturated rings. The summed E-state index contributed by atoms with van der Waals surface area (Å²) in [5, 5.41) is 11.6. The van der Waals surface area contributed by atoms with Crippen LogP contribution < -0.4 is 15.4 Å². The number of ether oxygens (including phenoxy) is 1. The summed E-state index contributed by atoms with van der Waals surface area (Å²) in [4.78, 5) is 18.5. The Balaban J connectivity index is 1.43. The molecule has 2 heterocycles. The number of anilines is 2. The number of carbonyl (C=O) groups excluding carboxylic acids is 1. The minimum atomic E-state index is -0.529. The van der Waals surface area contributed by atoms with Crippen LogP contribution in [0.25, 0.3) is 0 Å². The van der Waals surface area contributed by atoms with E-state index in [1.54, 1.807) is 16.8 Å². The molecule has 218 valence electrons. The number of allylic oxidation sites excluding steroid dienone is 1. The van der Waals surface area contributed by atoms with E-state index in [0.717, 1.165) is 35.4 Å². The number of aromatic nitrogens is 3. The zero-order valence-electron chi connectivity index (χ0n) is 24.2. The number of benzene rings is 3. The van der Waals surface area contributed by atoms with Gasteiger partial charge in [0, 0.05) is 17.1 Å². The Bertz CT molecular complexity index is 1570. The van der Waals surface area contributed by atoms with Crippen molar-refractivity contribution in [2.45, 2.75) is 63.4 Å². The fourth-order valence-corrected chi connectivity index (χ4v) is 5.74. The van der Waals surface area contributed by atoms with Gasteiger partial charge in [-0.05, 0) is 61.2 Å². The number of nitrogens with one attached hydrogen (secondary N) is 2. The first kappa shape index (κ1) is 29.4. The minimum Gasteiger partial charge on any atom is -0.494 e. The van der Waals surface area contributed by atoms with Crippen LogP contribution in [-0.2, 0) is 10.5 Å². The second kappa shape index (κ2) is 13.7. The molecular weight excluding hydrogens is 549 g/mol. The molecule has 1 amide bonds. The fraction of sp³-hybridized carbons (Fsp3) is 0.303. The largest absolute Gasteiger partial charge is 0.494 e. The van der Waals surface area contributed by atoms with Gasteiger partial charge in [-0.1, -0.05) is 86.5 Å². The molecule has 0 spiro atoms. The second-order valence-electron chi connectivity index (χ2n) is 10.4. The molecule has 0 aliphatic carbocycles. The molecule has 0 saturated carbocycles. The van der Waals surface area contributed by atoms with Crippen LogP contribution in [-0.4, -0.2) is 27.3 Å². The van der Waals surface area contributed by atoms with Crippen molar-refractivity contribution in [3.8, 4) is 5.75 Å². The fourth-order valence-electron chi connectivity index (χ4n) is 4.92. The highest BCUT2D eigenvalue weighted by molar-refractivity contribution is 7.98. The molecule has 7 nitrogen and oxygen atoms in total. The lowest BCUT2D eigenvalue weighted by Crippen LogP contribution is -2.31. The van der Waals surface area contributed by atoms with Crippen LogP contribution in [0.4, 0.5) is 16.0 Å². The maximum Gasteiger partial charge on any atom is 0.255 e. The lowest BCUT2D eigenvalue weighted by molar-refractivity contribution is -0.113. The Kier molecular flexibility index (Phi) is 9.59. The number of aryl methyl sites for hydroxylation is 1. The number of rotatable bonds is 12. The molecule has 42 heavy (non-hydrogen) atoms. The molecule has 1 aliphatic heterocycles. The molecule has 1 aliphatic rings. The van der Waals surface area contributed by atoms with Crippen LogP contribution in [0.15, 0.2) is 89.2 Å². The predicted molar refractivity (Wildman–Crippen MR) is 166 cm³/mol. The van der Waals surface area contributed by atoms with Crippen LogP contribution in [0.3, 0.4) is 0 Å². The minimum absolute atomic E-state index is 0.225. The summed E-state index contributed by atoms with van der Waals surface area (Å²) in [6, 6.07) is 21.7. The highest BCUT2D eigenvalue weighted by Crippen LogP contribution is 2.38. The van der Waals surface area contributed by atoms with Crippen molar-refractivity contribution in [3.63, 3.8) is 0 Å². The van der Waals surface area contributed by atoms with Gasteiger partial charge in [0.2, 0.25) is 11.1 Å². The van der Waals surface area contributed by atoms with Gasteiger partial charge in [0.1, 0.15) is 17.6 Å². The maximum atomic E-state index is 14.2. The van der Waals surface area contributed by atoms with E-state index in [0.29, 0.717) is 40.3 Å². The number of nitrogens with zero attached hydrogens (tertiary/aromatic N) is 3. The van der Waals surface area contributed by atoms with E-state index in [1.807, 2.05) is 68.4 Å². The standard InChI is InChI=1S/C33H36FN5O2S/c1-4-5-6-11-20-41-26-18-16-24(17-19-26)30-29(31(40)36-28-15-10-7-12-22(28)2)23(3)35-32-37-33(38-39(30)32)42-21-25-13-8-9-14-27(25)34/h7-10,12-19,30H,4-6,11,20-21H2,1-3H3,(H,36,40)(H,35,37,38). The third-order valence-corrected chi connectivity index (χ3v) is 8.13. The summed E-state index contributed by atoms with van der Waals surface area (Å²) in [6.07, 6.45) is 4.56. The summed E-state index contributed by atoms with van der Waals surface area (Å²) in [5.74, 6) is 1.22. The first-order chi connectivity index (χ1) is 20.4. The van der Waals surface area contributed by atoms with Gasteiger partial charge in [0.05, 0.1) is 12.2 Å². The van der Waals surface area contributed by atoms with Crippen molar-refractivity contribution in [2.75, 3.05) is 17.2 Å². The van der Waals surface area contributed by atoms with E-state index in [2.05, 4.69) is 22.5 Å². The Morgan fingerprint density at radius 1 is 1.02 bits per heavy atom. The highest BCUT2D eigenvalue weighted by atomic mass is 32.2. The Hall–Kier alpha value is -4.11. The van der Waals surface area contributed by atoms with Crippen LogP contribution in [0, 0.1) is 12.7 Å². The molecular formula is C33H36FN5O2S. The third kappa shape index (κ3) is 6.85. The molecule has 3 aromatic carbocycles. The molecule has 1 aromatic heterocycles. The lowest BCUT2D eigenvalue weighted by Gasteiger charge is -2.29. The van der Waals surface area contributed by atoms with Gasteiger partial charge in [-0.25, -0.2) is 9.07 Å². The SMILES string of the molecule is CCCCCCOc1ccc(C2C(C(=O)Nc3ccccc3C)=C(C)Nc3nc(SCc4ccccc4F)nn32)cc1. The number of carbonyl (C=O) groups is 1.